The van der Waals surface area contributed by atoms with Crippen LogP contribution in [0.4, 0.5) is 10.2 Å². The van der Waals surface area contributed by atoms with Gasteiger partial charge in [-0.25, -0.2) is 9.37 Å². The Hall–Kier alpha value is -1.69. The van der Waals surface area contributed by atoms with Gasteiger partial charge in [-0.2, -0.15) is 0 Å². The molecule has 0 spiro atoms. The summed E-state index contributed by atoms with van der Waals surface area (Å²) in [4.78, 5) is 17.5. The number of aromatic nitrogens is 1. The zero-order valence-corrected chi connectivity index (χ0v) is 10.7. The van der Waals surface area contributed by atoms with Crippen LogP contribution in [0.2, 0.25) is 0 Å². The second-order valence-corrected chi connectivity index (χ2v) is 4.72. The quantitative estimate of drug-likeness (QED) is 0.858. The van der Waals surface area contributed by atoms with Crippen LogP contribution in [-0.2, 0) is 0 Å². The Kier molecular flexibility index (Phi) is 4.31. The first-order valence-electron chi connectivity index (χ1n) is 6.47. The molecule has 5 nitrogen and oxygen atoms in total. The maximum absolute atomic E-state index is 13.8. The molecule has 1 amide bonds. The number of nitrogens with two attached hydrogens (primary N) is 1. The Bertz CT molecular complexity index is 461. The molecule has 2 rings (SSSR count). The molecular formula is C13H18FN3O2. The van der Waals surface area contributed by atoms with Crippen molar-refractivity contribution < 1.29 is 14.3 Å². The van der Waals surface area contributed by atoms with Crippen LogP contribution in [0.15, 0.2) is 12.3 Å². The maximum Gasteiger partial charge on any atom is 0.257 e. The largest absolute Gasteiger partial charge is 0.395 e. The number of carbonyl (C=O) groups excluding carboxylic acids is 1. The number of hydrogen-bond donors (Lipinski definition) is 2. The average Bonchev–Trinajstić information content (AvgIpc) is 2.92. The molecule has 0 bridgehead atoms. The summed E-state index contributed by atoms with van der Waals surface area (Å²) in [7, 11) is 0. The van der Waals surface area contributed by atoms with E-state index in [9.17, 15) is 9.18 Å². The molecule has 0 unspecified atom stereocenters. The van der Waals surface area contributed by atoms with Gasteiger partial charge in [-0.05, 0) is 18.9 Å². The lowest BCUT2D eigenvalue weighted by atomic mass is 10.1. The smallest absolute Gasteiger partial charge is 0.257 e. The Morgan fingerprint density at radius 2 is 2.21 bits per heavy atom. The SMILES string of the molecule is Nc1nccc(C(=O)N(CCO)C2CCCC2)c1F. The topological polar surface area (TPSA) is 79.5 Å². The van der Waals surface area contributed by atoms with Crippen LogP contribution in [0.3, 0.4) is 0 Å². The van der Waals surface area contributed by atoms with E-state index in [1.165, 1.54) is 12.3 Å². The molecule has 6 heteroatoms. The van der Waals surface area contributed by atoms with E-state index >= 15 is 0 Å². The molecule has 1 aliphatic rings. The molecule has 0 aromatic carbocycles. The molecule has 1 fully saturated rings. The van der Waals surface area contributed by atoms with E-state index in [0.29, 0.717) is 0 Å². The van der Waals surface area contributed by atoms with Crippen LogP contribution in [0.1, 0.15) is 36.0 Å². The van der Waals surface area contributed by atoms with Crippen LogP contribution >= 0.6 is 0 Å². The van der Waals surface area contributed by atoms with Crippen molar-refractivity contribution in [3.05, 3.63) is 23.6 Å². The zero-order chi connectivity index (χ0) is 13.8. The second-order valence-electron chi connectivity index (χ2n) is 4.72. The number of amides is 1. The zero-order valence-electron chi connectivity index (χ0n) is 10.7. The van der Waals surface area contributed by atoms with E-state index in [1.54, 1.807) is 4.90 Å². The van der Waals surface area contributed by atoms with Crippen LogP contribution in [0.5, 0.6) is 0 Å². The Balaban J connectivity index is 2.25. The molecule has 0 aliphatic heterocycles. The van der Waals surface area contributed by atoms with E-state index in [1.807, 2.05) is 0 Å². The van der Waals surface area contributed by atoms with Crippen molar-refractivity contribution in [2.75, 3.05) is 18.9 Å². The van der Waals surface area contributed by atoms with Crippen molar-refractivity contribution in [3.8, 4) is 0 Å². The Labute approximate surface area is 111 Å². The van der Waals surface area contributed by atoms with Gasteiger partial charge in [0.05, 0.1) is 12.2 Å². The minimum atomic E-state index is -0.784. The van der Waals surface area contributed by atoms with Gasteiger partial charge in [0.15, 0.2) is 11.6 Å². The van der Waals surface area contributed by atoms with Gasteiger partial charge in [-0.3, -0.25) is 4.79 Å². The van der Waals surface area contributed by atoms with Crippen LogP contribution in [0, 0.1) is 5.82 Å². The minimum Gasteiger partial charge on any atom is -0.395 e. The van der Waals surface area contributed by atoms with E-state index in [-0.39, 0.29) is 30.6 Å². The molecule has 0 atom stereocenters. The maximum atomic E-state index is 13.8. The molecule has 1 aromatic rings. The van der Waals surface area contributed by atoms with E-state index < -0.39 is 11.7 Å². The number of rotatable bonds is 4. The summed E-state index contributed by atoms with van der Waals surface area (Å²) in [5.74, 6) is -1.48. The van der Waals surface area contributed by atoms with Crippen molar-refractivity contribution in [3.63, 3.8) is 0 Å². The summed E-state index contributed by atoms with van der Waals surface area (Å²) in [6.07, 6.45) is 5.22. The number of carbonyl (C=O) groups is 1. The standard InChI is InChI=1S/C13H18FN3O2/c14-11-10(5-6-16-12(11)15)13(19)17(7-8-18)9-3-1-2-4-9/h5-6,9,18H,1-4,7-8H2,(H2,15,16). The van der Waals surface area contributed by atoms with Gasteiger partial charge in [0, 0.05) is 18.8 Å². The highest BCUT2D eigenvalue weighted by atomic mass is 19.1. The third kappa shape index (κ3) is 2.84. The lowest BCUT2D eigenvalue weighted by Crippen LogP contribution is -2.41. The highest BCUT2D eigenvalue weighted by molar-refractivity contribution is 5.95. The molecule has 104 valence electrons. The lowest BCUT2D eigenvalue weighted by molar-refractivity contribution is 0.0633. The van der Waals surface area contributed by atoms with Gasteiger partial charge in [0.1, 0.15) is 0 Å². The molecule has 1 aliphatic carbocycles. The van der Waals surface area contributed by atoms with Crippen LogP contribution < -0.4 is 5.73 Å². The first-order chi connectivity index (χ1) is 9.15. The molecule has 1 aromatic heterocycles. The van der Waals surface area contributed by atoms with Gasteiger partial charge in [-0.1, -0.05) is 12.8 Å². The van der Waals surface area contributed by atoms with Crippen molar-refractivity contribution in [1.29, 1.82) is 0 Å². The molecule has 0 radical (unpaired) electrons. The molecule has 19 heavy (non-hydrogen) atoms. The fourth-order valence-electron chi connectivity index (χ4n) is 2.55. The summed E-state index contributed by atoms with van der Waals surface area (Å²) in [6.45, 7) is 0.0790. The van der Waals surface area contributed by atoms with Gasteiger partial charge in [-0.15, -0.1) is 0 Å². The molecule has 1 saturated carbocycles. The summed E-state index contributed by atoms with van der Waals surface area (Å²) in [5, 5.41) is 9.09. The van der Waals surface area contributed by atoms with E-state index in [4.69, 9.17) is 10.8 Å². The van der Waals surface area contributed by atoms with Gasteiger partial charge in [0.25, 0.3) is 5.91 Å². The number of pyridine rings is 1. The Morgan fingerprint density at radius 3 is 2.84 bits per heavy atom. The van der Waals surface area contributed by atoms with Crippen molar-refractivity contribution >= 4 is 11.7 Å². The Morgan fingerprint density at radius 1 is 1.53 bits per heavy atom. The van der Waals surface area contributed by atoms with Gasteiger partial charge in [0.2, 0.25) is 0 Å². The number of nitrogens with zero attached hydrogens (tertiary/aromatic N) is 2. The summed E-state index contributed by atoms with van der Waals surface area (Å²) in [6, 6.07) is 1.40. The number of aliphatic hydroxyl groups is 1. The van der Waals surface area contributed by atoms with Crippen LogP contribution in [0.25, 0.3) is 0 Å². The second kappa shape index (κ2) is 5.97. The first-order valence-corrected chi connectivity index (χ1v) is 6.47. The number of hydrogen-bond acceptors (Lipinski definition) is 4. The normalized spacial score (nSPS) is 15.7. The predicted molar refractivity (Wildman–Crippen MR) is 69.0 cm³/mol. The number of nitrogen functional groups attached to an aromatic ring is 1. The predicted octanol–water partition coefficient (Wildman–Crippen LogP) is 1.18. The fourth-order valence-corrected chi connectivity index (χ4v) is 2.55. The lowest BCUT2D eigenvalue weighted by Gasteiger charge is -2.28. The highest BCUT2D eigenvalue weighted by Crippen LogP contribution is 2.25. The third-order valence-corrected chi connectivity index (χ3v) is 3.51. The average molecular weight is 267 g/mol. The van der Waals surface area contributed by atoms with Crippen LogP contribution in [-0.4, -0.2) is 40.1 Å². The van der Waals surface area contributed by atoms with E-state index in [0.717, 1.165) is 25.7 Å². The first kappa shape index (κ1) is 13.7. The van der Waals surface area contributed by atoms with Crippen molar-refractivity contribution in [2.45, 2.75) is 31.7 Å². The number of aliphatic hydroxyl groups excluding tert-OH is 1. The summed E-state index contributed by atoms with van der Waals surface area (Å²) < 4.78 is 13.8. The summed E-state index contributed by atoms with van der Waals surface area (Å²) >= 11 is 0. The molecule has 0 saturated heterocycles. The molecular weight excluding hydrogens is 249 g/mol. The van der Waals surface area contributed by atoms with Gasteiger partial charge >= 0.3 is 0 Å². The monoisotopic (exact) mass is 267 g/mol. The minimum absolute atomic E-state index is 0.0761. The van der Waals surface area contributed by atoms with E-state index in [2.05, 4.69) is 4.98 Å². The summed E-state index contributed by atoms with van der Waals surface area (Å²) in [5.41, 5.74) is 5.30. The van der Waals surface area contributed by atoms with Crippen molar-refractivity contribution in [2.24, 2.45) is 0 Å². The fraction of sp³-hybridized carbons (Fsp3) is 0.538. The molecule has 3 N–H and O–H groups in total. The third-order valence-electron chi connectivity index (χ3n) is 3.51. The number of anilines is 1. The number of halogens is 1. The van der Waals surface area contributed by atoms with Crippen molar-refractivity contribution in [1.82, 2.24) is 9.88 Å². The molecule has 1 heterocycles. The highest BCUT2D eigenvalue weighted by Gasteiger charge is 2.28. The van der Waals surface area contributed by atoms with Gasteiger partial charge < -0.3 is 15.7 Å².